The van der Waals surface area contributed by atoms with E-state index in [0.717, 1.165) is 6.26 Å². The van der Waals surface area contributed by atoms with Crippen LogP contribution < -0.4 is 5.73 Å². The van der Waals surface area contributed by atoms with Gasteiger partial charge in [0.05, 0.1) is 25.1 Å². The lowest BCUT2D eigenvalue weighted by Crippen LogP contribution is -2.43. The van der Waals surface area contributed by atoms with Gasteiger partial charge < -0.3 is 14.5 Å². The molecule has 0 aliphatic carbocycles. The Morgan fingerprint density at radius 1 is 1.48 bits per heavy atom. The second-order valence-corrected chi connectivity index (χ2v) is 8.15. The lowest BCUT2D eigenvalue weighted by Gasteiger charge is -2.28. The summed E-state index contributed by atoms with van der Waals surface area (Å²) in [6.45, 7) is 5.84. The van der Waals surface area contributed by atoms with Gasteiger partial charge in [-0.05, 0) is 0 Å². The maximum absolute atomic E-state index is 12.2. The maximum atomic E-state index is 12.2. The number of hydrogen-bond donors (Lipinski definition) is 1. The number of amides is 1. The van der Waals surface area contributed by atoms with Crippen molar-refractivity contribution in [1.82, 2.24) is 4.90 Å². The van der Waals surface area contributed by atoms with E-state index in [1.165, 1.54) is 12.0 Å². The molecule has 0 radical (unpaired) electrons. The van der Waals surface area contributed by atoms with Gasteiger partial charge in [-0.3, -0.25) is 9.92 Å². The highest BCUT2D eigenvalue weighted by molar-refractivity contribution is 7.85. The number of ether oxygens (including phenoxy) is 1. The van der Waals surface area contributed by atoms with E-state index in [4.69, 9.17) is 19.5 Å². The van der Waals surface area contributed by atoms with E-state index in [-0.39, 0.29) is 25.6 Å². The number of hydrogen-bond acceptors (Lipinski definition) is 8. The first-order chi connectivity index (χ1) is 10.4. The molecule has 0 bridgehead atoms. The molecule has 1 aliphatic rings. The molecule has 0 aromatic heterocycles. The Labute approximate surface area is 136 Å². The third-order valence-corrected chi connectivity index (χ3v) is 3.86. The highest BCUT2D eigenvalue weighted by Crippen LogP contribution is 2.21. The van der Waals surface area contributed by atoms with E-state index < -0.39 is 27.9 Å². The normalized spacial score (nSPS) is 22.3. The summed E-state index contributed by atoms with van der Waals surface area (Å²) in [5, 5.41) is 3.83. The fraction of sp³-hybridized carbons (Fsp3) is 0.846. The number of carbonyl (C=O) groups is 1. The number of nitrogens with zero attached hydrogens (tertiary/aromatic N) is 2. The van der Waals surface area contributed by atoms with Crippen molar-refractivity contribution >= 4 is 21.9 Å². The molecule has 2 atom stereocenters. The zero-order valence-electron chi connectivity index (χ0n) is 14.1. The van der Waals surface area contributed by atoms with E-state index in [0.29, 0.717) is 5.71 Å². The second-order valence-electron chi connectivity index (χ2n) is 6.50. The third kappa shape index (κ3) is 6.32. The molecule has 0 saturated carbocycles. The summed E-state index contributed by atoms with van der Waals surface area (Å²) in [4.78, 5) is 18.3. The van der Waals surface area contributed by atoms with Crippen LogP contribution in [0.25, 0.3) is 0 Å². The van der Waals surface area contributed by atoms with Crippen LogP contribution in [0.5, 0.6) is 0 Å². The molecule has 2 unspecified atom stereocenters. The standard InChI is InChI=1S/C13H25N3O6S/c1-13(2,3)11(14)22-12(17)16-6-9(8-21-23(5,18)19)10(7-16)15-20-4/h9,11H,6-8,14H2,1-5H3. The summed E-state index contributed by atoms with van der Waals surface area (Å²) in [6.07, 6.45) is -0.383. The largest absolute Gasteiger partial charge is 0.430 e. The monoisotopic (exact) mass is 351 g/mol. The van der Waals surface area contributed by atoms with Crippen LogP contribution in [0.3, 0.4) is 0 Å². The highest BCUT2D eigenvalue weighted by Gasteiger charge is 2.36. The third-order valence-electron chi connectivity index (χ3n) is 3.30. The molecule has 0 spiro atoms. The van der Waals surface area contributed by atoms with Gasteiger partial charge in [-0.1, -0.05) is 25.9 Å². The van der Waals surface area contributed by atoms with Crippen LogP contribution in [0.15, 0.2) is 5.16 Å². The van der Waals surface area contributed by atoms with Gasteiger partial charge in [0.15, 0.2) is 6.23 Å². The molecule has 1 aliphatic heterocycles. The predicted molar refractivity (Wildman–Crippen MR) is 84.2 cm³/mol. The first-order valence-electron chi connectivity index (χ1n) is 7.09. The molecule has 10 heteroatoms. The molecular formula is C13H25N3O6S. The Kier molecular flexibility index (Phi) is 6.37. The van der Waals surface area contributed by atoms with Gasteiger partial charge in [-0.15, -0.1) is 0 Å². The van der Waals surface area contributed by atoms with E-state index in [1.807, 2.05) is 20.8 Å². The number of likely N-dealkylation sites (tertiary alicyclic amines) is 1. The average molecular weight is 351 g/mol. The van der Waals surface area contributed by atoms with E-state index in [1.54, 1.807) is 0 Å². The predicted octanol–water partition coefficient (Wildman–Crippen LogP) is 0.364. The fourth-order valence-electron chi connectivity index (χ4n) is 1.83. The summed E-state index contributed by atoms with van der Waals surface area (Å²) >= 11 is 0. The van der Waals surface area contributed by atoms with Crippen LogP contribution in [0.4, 0.5) is 4.79 Å². The summed E-state index contributed by atoms with van der Waals surface area (Å²) in [5.41, 5.74) is 5.95. The molecule has 134 valence electrons. The van der Waals surface area contributed by atoms with Crippen LogP contribution in [0.2, 0.25) is 0 Å². The number of nitrogens with two attached hydrogens (primary N) is 1. The van der Waals surface area contributed by atoms with E-state index in [2.05, 4.69) is 5.16 Å². The summed E-state index contributed by atoms with van der Waals surface area (Å²) in [6, 6.07) is 0. The molecule has 1 rings (SSSR count). The molecule has 1 fully saturated rings. The van der Waals surface area contributed by atoms with Crippen molar-refractivity contribution in [2.45, 2.75) is 27.0 Å². The van der Waals surface area contributed by atoms with Gasteiger partial charge in [0.1, 0.15) is 7.11 Å². The van der Waals surface area contributed by atoms with E-state index in [9.17, 15) is 13.2 Å². The first-order valence-corrected chi connectivity index (χ1v) is 8.91. The highest BCUT2D eigenvalue weighted by atomic mass is 32.2. The topological polar surface area (TPSA) is 121 Å². The number of carbonyl (C=O) groups excluding carboxylic acids is 1. The Balaban J connectivity index is 2.72. The zero-order valence-corrected chi connectivity index (χ0v) is 14.9. The number of rotatable bonds is 5. The molecule has 2 N–H and O–H groups in total. The van der Waals surface area contributed by atoms with Crippen molar-refractivity contribution in [1.29, 1.82) is 0 Å². The van der Waals surface area contributed by atoms with Gasteiger partial charge in [-0.2, -0.15) is 8.42 Å². The van der Waals surface area contributed by atoms with Crippen molar-refractivity contribution < 1.29 is 27.0 Å². The van der Waals surface area contributed by atoms with Gasteiger partial charge in [0, 0.05) is 17.9 Å². The van der Waals surface area contributed by atoms with Gasteiger partial charge in [0.2, 0.25) is 0 Å². The molecule has 9 nitrogen and oxygen atoms in total. The zero-order chi connectivity index (χ0) is 17.8. The average Bonchev–Trinajstić information content (AvgIpc) is 2.78. The minimum Gasteiger partial charge on any atom is -0.430 e. The van der Waals surface area contributed by atoms with Crippen LogP contribution in [0.1, 0.15) is 20.8 Å². The number of oxime groups is 1. The molecule has 1 saturated heterocycles. The summed E-state index contributed by atoms with van der Waals surface area (Å²) in [5.74, 6) is -0.386. The first kappa shape index (κ1) is 19.7. The van der Waals surface area contributed by atoms with Crippen LogP contribution in [-0.4, -0.2) is 64.4 Å². The van der Waals surface area contributed by atoms with Gasteiger partial charge in [-0.25, -0.2) is 4.79 Å². The molecule has 1 heterocycles. The van der Waals surface area contributed by atoms with Gasteiger partial charge in [0.25, 0.3) is 10.1 Å². The van der Waals surface area contributed by atoms with Gasteiger partial charge >= 0.3 is 6.09 Å². The lowest BCUT2D eigenvalue weighted by atomic mass is 9.95. The van der Waals surface area contributed by atoms with Crippen molar-refractivity contribution in [3.8, 4) is 0 Å². The molecule has 0 aromatic carbocycles. The van der Waals surface area contributed by atoms with Crippen molar-refractivity contribution in [3.63, 3.8) is 0 Å². The molecular weight excluding hydrogens is 326 g/mol. The van der Waals surface area contributed by atoms with Crippen LogP contribution in [-0.2, 0) is 23.9 Å². The summed E-state index contributed by atoms with van der Waals surface area (Å²) in [7, 11) is -2.20. The second kappa shape index (κ2) is 7.45. The van der Waals surface area contributed by atoms with Crippen molar-refractivity contribution in [3.05, 3.63) is 0 Å². The molecule has 1 amide bonds. The molecule has 23 heavy (non-hydrogen) atoms. The summed E-state index contributed by atoms with van der Waals surface area (Å²) < 4.78 is 32.2. The van der Waals surface area contributed by atoms with Crippen molar-refractivity contribution in [2.24, 2.45) is 22.2 Å². The Hall–Kier alpha value is -1.39. The minimum absolute atomic E-state index is 0.115. The SMILES string of the molecule is CON=C1CN(C(=O)OC(N)C(C)(C)C)CC1COS(C)(=O)=O. The quantitative estimate of drug-likeness (QED) is 0.431. The maximum Gasteiger partial charge on any atom is 0.411 e. The van der Waals surface area contributed by atoms with E-state index >= 15 is 0 Å². The minimum atomic E-state index is -3.58. The Bertz CT molecular complexity index is 555. The van der Waals surface area contributed by atoms with Crippen LogP contribution in [0, 0.1) is 11.3 Å². The fourth-order valence-corrected chi connectivity index (χ4v) is 2.25. The van der Waals surface area contributed by atoms with Crippen LogP contribution >= 0.6 is 0 Å². The Morgan fingerprint density at radius 2 is 2.09 bits per heavy atom. The lowest BCUT2D eigenvalue weighted by molar-refractivity contribution is 0.0166. The molecule has 0 aromatic rings. The smallest absolute Gasteiger partial charge is 0.411 e. The van der Waals surface area contributed by atoms with Crippen molar-refractivity contribution in [2.75, 3.05) is 33.1 Å². The Morgan fingerprint density at radius 3 is 2.57 bits per heavy atom.